The second-order valence-electron chi connectivity index (χ2n) is 4.21. The molecule has 0 saturated carbocycles. The number of nitrogens with zero attached hydrogens (tertiary/aromatic N) is 1. The van der Waals surface area contributed by atoms with Crippen molar-refractivity contribution in [2.75, 3.05) is 19.7 Å². The van der Waals surface area contributed by atoms with Gasteiger partial charge in [0.2, 0.25) is 0 Å². The molecule has 0 radical (unpaired) electrons. The number of rotatable bonds is 2. The summed E-state index contributed by atoms with van der Waals surface area (Å²) in [6, 6.07) is 5.33. The number of amides is 1. The Hall–Kier alpha value is -0.330. The van der Waals surface area contributed by atoms with Crippen molar-refractivity contribution in [3.63, 3.8) is 0 Å². The summed E-state index contributed by atoms with van der Waals surface area (Å²) in [4.78, 5) is 14.0. The average molecular weight is 366 g/mol. The molecule has 1 aromatic rings. The van der Waals surface area contributed by atoms with Crippen LogP contribution in [0.4, 0.5) is 0 Å². The van der Waals surface area contributed by atoms with Crippen molar-refractivity contribution >= 4 is 40.1 Å². The molecule has 1 atom stereocenters. The number of likely N-dealkylation sites (tertiary alicyclic amines) is 1. The van der Waals surface area contributed by atoms with Gasteiger partial charge in [0.1, 0.15) is 0 Å². The molecule has 1 heterocycles. The maximum atomic E-state index is 12.3. The predicted molar refractivity (Wildman–Crippen MR) is 75.3 cm³/mol. The minimum Gasteiger partial charge on any atom is -0.396 e. The molecule has 1 aliphatic rings. The predicted octanol–water partition coefficient (Wildman–Crippen LogP) is 2.40. The van der Waals surface area contributed by atoms with Gasteiger partial charge in [-0.25, -0.2) is 0 Å². The number of aliphatic hydroxyl groups is 1. The van der Waals surface area contributed by atoms with Crippen LogP contribution >= 0.6 is 34.2 Å². The first-order valence-electron chi connectivity index (χ1n) is 5.47. The van der Waals surface area contributed by atoms with Crippen LogP contribution in [0, 0.1) is 9.49 Å². The van der Waals surface area contributed by atoms with Gasteiger partial charge in [-0.2, -0.15) is 0 Å². The van der Waals surface area contributed by atoms with Crippen molar-refractivity contribution in [2.45, 2.75) is 6.42 Å². The smallest absolute Gasteiger partial charge is 0.254 e. The van der Waals surface area contributed by atoms with Crippen LogP contribution < -0.4 is 0 Å². The van der Waals surface area contributed by atoms with E-state index in [1.807, 2.05) is 6.07 Å². The van der Waals surface area contributed by atoms with Gasteiger partial charge >= 0.3 is 0 Å². The van der Waals surface area contributed by atoms with Gasteiger partial charge < -0.3 is 10.0 Å². The first kappa shape index (κ1) is 13.1. The molecular weight excluding hydrogens is 352 g/mol. The molecule has 0 aliphatic carbocycles. The number of benzene rings is 1. The van der Waals surface area contributed by atoms with Crippen molar-refractivity contribution in [3.05, 3.63) is 32.4 Å². The Morgan fingerprint density at radius 3 is 3.00 bits per heavy atom. The van der Waals surface area contributed by atoms with Gasteiger partial charge in [-0.1, -0.05) is 11.6 Å². The van der Waals surface area contributed by atoms with Crippen molar-refractivity contribution in [3.8, 4) is 0 Å². The van der Waals surface area contributed by atoms with Crippen LogP contribution in [0.15, 0.2) is 18.2 Å². The zero-order chi connectivity index (χ0) is 12.4. The fraction of sp³-hybridized carbons (Fsp3) is 0.417. The lowest BCUT2D eigenvalue weighted by Crippen LogP contribution is -2.29. The minimum atomic E-state index is 0.00727. The van der Waals surface area contributed by atoms with Gasteiger partial charge in [-0.05, 0) is 47.2 Å². The molecular formula is C12H13ClINO2. The Morgan fingerprint density at radius 2 is 2.35 bits per heavy atom. The monoisotopic (exact) mass is 365 g/mol. The summed E-state index contributed by atoms with van der Waals surface area (Å²) in [5.41, 5.74) is 0.650. The Balaban J connectivity index is 2.17. The largest absolute Gasteiger partial charge is 0.396 e. The third-order valence-electron chi connectivity index (χ3n) is 2.99. The highest BCUT2D eigenvalue weighted by Gasteiger charge is 2.27. The summed E-state index contributed by atoms with van der Waals surface area (Å²) in [5.74, 6) is 0.226. The molecule has 0 spiro atoms. The van der Waals surface area contributed by atoms with Gasteiger partial charge in [-0.15, -0.1) is 0 Å². The number of hydrogen-bond acceptors (Lipinski definition) is 2. The van der Waals surface area contributed by atoms with E-state index < -0.39 is 0 Å². The van der Waals surface area contributed by atoms with E-state index in [0.717, 1.165) is 9.99 Å². The Bertz CT molecular complexity index is 439. The van der Waals surface area contributed by atoms with Crippen LogP contribution in [0.25, 0.3) is 0 Å². The van der Waals surface area contributed by atoms with Crippen LogP contribution in [0.5, 0.6) is 0 Å². The summed E-state index contributed by atoms with van der Waals surface area (Å²) in [7, 11) is 0. The highest BCUT2D eigenvalue weighted by atomic mass is 127. The first-order valence-corrected chi connectivity index (χ1v) is 6.92. The zero-order valence-corrected chi connectivity index (χ0v) is 12.1. The quantitative estimate of drug-likeness (QED) is 0.818. The molecule has 1 fully saturated rings. The average Bonchev–Trinajstić information content (AvgIpc) is 2.80. The van der Waals surface area contributed by atoms with Crippen LogP contribution in [0.1, 0.15) is 16.8 Å². The maximum absolute atomic E-state index is 12.3. The third-order valence-corrected chi connectivity index (χ3v) is 4.17. The molecule has 1 saturated heterocycles. The van der Waals surface area contributed by atoms with Gasteiger partial charge in [0.05, 0.1) is 5.56 Å². The number of carbonyl (C=O) groups is 1. The SMILES string of the molecule is O=C(c1cc(Cl)ccc1I)N1CCC(CO)C1. The molecule has 5 heteroatoms. The second-order valence-corrected chi connectivity index (χ2v) is 5.81. The number of halogens is 2. The molecule has 1 N–H and O–H groups in total. The van der Waals surface area contributed by atoms with Gasteiger partial charge in [-0.3, -0.25) is 4.79 Å². The molecule has 1 amide bonds. The third kappa shape index (κ3) is 2.92. The van der Waals surface area contributed by atoms with E-state index >= 15 is 0 Å². The molecule has 2 rings (SSSR count). The van der Waals surface area contributed by atoms with Crippen molar-refractivity contribution in [1.82, 2.24) is 4.90 Å². The Morgan fingerprint density at radius 1 is 1.59 bits per heavy atom. The molecule has 17 heavy (non-hydrogen) atoms. The molecule has 1 aromatic carbocycles. The second kappa shape index (κ2) is 5.54. The van der Waals surface area contributed by atoms with E-state index in [0.29, 0.717) is 23.7 Å². The lowest BCUT2D eigenvalue weighted by atomic mass is 10.1. The number of carbonyl (C=O) groups excluding carboxylic acids is 1. The highest BCUT2D eigenvalue weighted by Crippen LogP contribution is 2.23. The first-order chi connectivity index (χ1) is 8.11. The van der Waals surface area contributed by atoms with E-state index in [1.54, 1.807) is 17.0 Å². The van der Waals surface area contributed by atoms with E-state index in [9.17, 15) is 4.79 Å². The highest BCUT2D eigenvalue weighted by molar-refractivity contribution is 14.1. The summed E-state index contributed by atoms with van der Waals surface area (Å²) < 4.78 is 0.907. The van der Waals surface area contributed by atoms with Crippen LogP contribution in [0.3, 0.4) is 0 Å². The van der Waals surface area contributed by atoms with Crippen LogP contribution in [-0.4, -0.2) is 35.6 Å². The maximum Gasteiger partial charge on any atom is 0.254 e. The van der Waals surface area contributed by atoms with E-state index in [-0.39, 0.29) is 18.4 Å². The van der Waals surface area contributed by atoms with Crippen LogP contribution in [0.2, 0.25) is 5.02 Å². The lowest BCUT2D eigenvalue weighted by Gasteiger charge is -2.17. The number of hydrogen-bond donors (Lipinski definition) is 1. The minimum absolute atomic E-state index is 0.00727. The van der Waals surface area contributed by atoms with Crippen LogP contribution in [-0.2, 0) is 0 Å². The molecule has 3 nitrogen and oxygen atoms in total. The van der Waals surface area contributed by atoms with E-state index in [2.05, 4.69) is 22.6 Å². The van der Waals surface area contributed by atoms with E-state index in [1.165, 1.54) is 0 Å². The molecule has 0 aromatic heterocycles. The standard InChI is InChI=1S/C12H13ClINO2/c13-9-1-2-11(14)10(5-9)12(17)15-4-3-8(6-15)7-16/h1-2,5,8,16H,3-4,6-7H2. The fourth-order valence-corrected chi connectivity index (χ4v) is 2.74. The Labute approximate surface area is 119 Å². The molecule has 0 bridgehead atoms. The topological polar surface area (TPSA) is 40.5 Å². The summed E-state index contributed by atoms with van der Waals surface area (Å²) in [6.07, 6.45) is 0.874. The zero-order valence-electron chi connectivity index (χ0n) is 9.20. The molecule has 92 valence electrons. The molecule has 1 aliphatic heterocycles. The van der Waals surface area contributed by atoms with Gasteiger partial charge in [0.15, 0.2) is 0 Å². The Kier molecular flexibility index (Phi) is 4.27. The molecule has 1 unspecified atom stereocenters. The number of aliphatic hydroxyl groups excluding tert-OH is 1. The lowest BCUT2D eigenvalue weighted by molar-refractivity contribution is 0.0781. The van der Waals surface area contributed by atoms with E-state index in [4.69, 9.17) is 16.7 Å². The van der Waals surface area contributed by atoms with Crippen molar-refractivity contribution in [1.29, 1.82) is 0 Å². The summed E-state index contributed by atoms with van der Waals surface area (Å²) in [5, 5.41) is 9.65. The summed E-state index contributed by atoms with van der Waals surface area (Å²) in [6.45, 7) is 1.50. The van der Waals surface area contributed by atoms with Crippen molar-refractivity contribution < 1.29 is 9.90 Å². The summed E-state index contributed by atoms with van der Waals surface area (Å²) >= 11 is 8.05. The van der Waals surface area contributed by atoms with Crippen molar-refractivity contribution in [2.24, 2.45) is 5.92 Å². The normalized spacial score (nSPS) is 19.7. The van der Waals surface area contributed by atoms with Gasteiger partial charge in [0.25, 0.3) is 5.91 Å². The fourth-order valence-electron chi connectivity index (χ4n) is 2.00. The van der Waals surface area contributed by atoms with Gasteiger partial charge in [0, 0.05) is 34.2 Å².